The zero-order chi connectivity index (χ0) is 12.1. The molecule has 1 aromatic rings. The van der Waals surface area contributed by atoms with Crippen LogP contribution in [0.25, 0.3) is 0 Å². The van der Waals surface area contributed by atoms with E-state index in [0.29, 0.717) is 6.61 Å². The Kier molecular flexibility index (Phi) is 4.31. The van der Waals surface area contributed by atoms with E-state index in [1.807, 2.05) is 30.3 Å². The van der Waals surface area contributed by atoms with Crippen molar-refractivity contribution in [2.24, 2.45) is 0 Å². The molecule has 1 aliphatic rings. The molecule has 1 aromatic carbocycles. The number of carbonyl (C=O) groups excluding carboxylic acids is 1. The molecule has 0 N–H and O–H groups in total. The van der Waals surface area contributed by atoms with E-state index in [0.717, 1.165) is 31.4 Å². The lowest BCUT2D eigenvalue weighted by atomic mass is 10.1. The number of nitrogens with zero attached hydrogens (tertiary/aromatic N) is 1. The average molecular weight is 251 g/mol. The summed E-state index contributed by atoms with van der Waals surface area (Å²) in [5.41, 5.74) is 1.01. The topological polar surface area (TPSA) is 29.5 Å². The Balaban J connectivity index is 1.84. The second-order valence-electron chi connectivity index (χ2n) is 4.21. The maximum absolute atomic E-state index is 11.8. The minimum absolute atomic E-state index is 0.00650. The molecular weight excluding hydrogens is 234 g/mol. The molecule has 0 unspecified atom stereocenters. The van der Waals surface area contributed by atoms with Crippen molar-refractivity contribution in [2.75, 3.05) is 6.54 Å². The van der Waals surface area contributed by atoms with Gasteiger partial charge in [-0.3, -0.25) is 4.90 Å². The smallest absolute Gasteiger partial charge is 0.410 e. The normalized spacial score (nSPS) is 20.1. The number of piperidine rings is 1. The van der Waals surface area contributed by atoms with Crippen molar-refractivity contribution in [1.29, 1.82) is 0 Å². The number of benzene rings is 1. The summed E-state index contributed by atoms with van der Waals surface area (Å²) in [6, 6.07) is 9.71. The van der Waals surface area contributed by atoms with Gasteiger partial charge in [-0.05, 0) is 24.8 Å². The molecule has 3 nitrogen and oxygen atoms in total. The summed E-state index contributed by atoms with van der Waals surface area (Å²) in [4.78, 5) is 13.5. The van der Waals surface area contributed by atoms with Gasteiger partial charge in [0.2, 0.25) is 0 Å². The molecule has 0 spiro atoms. The van der Waals surface area contributed by atoms with Crippen molar-refractivity contribution >= 4 is 18.7 Å². The molecule has 1 amide bonds. The van der Waals surface area contributed by atoms with E-state index in [-0.39, 0.29) is 11.5 Å². The molecule has 17 heavy (non-hydrogen) atoms. The van der Waals surface area contributed by atoms with Gasteiger partial charge in [0, 0.05) is 6.54 Å². The van der Waals surface area contributed by atoms with Crippen molar-refractivity contribution in [3.8, 4) is 0 Å². The highest BCUT2D eigenvalue weighted by molar-refractivity contribution is 7.80. The first kappa shape index (κ1) is 12.3. The SMILES string of the molecule is O=C(OCc1ccccc1)N1CCCC[C@@H]1S. The average Bonchev–Trinajstić information content (AvgIpc) is 2.38. The number of thiol groups is 1. The number of carbonyl (C=O) groups is 1. The Hall–Kier alpha value is -1.16. The number of rotatable bonds is 2. The van der Waals surface area contributed by atoms with Crippen molar-refractivity contribution in [2.45, 2.75) is 31.2 Å². The Morgan fingerprint density at radius 3 is 2.82 bits per heavy atom. The zero-order valence-electron chi connectivity index (χ0n) is 9.71. The van der Waals surface area contributed by atoms with E-state index in [2.05, 4.69) is 12.6 Å². The van der Waals surface area contributed by atoms with Crippen LogP contribution in [0.2, 0.25) is 0 Å². The van der Waals surface area contributed by atoms with Crippen LogP contribution in [0.15, 0.2) is 30.3 Å². The largest absolute Gasteiger partial charge is 0.445 e. The first-order valence-corrected chi connectivity index (χ1v) is 6.44. The highest BCUT2D eigenvalue weighted by Gasteiger charge is 2.24. The highest BCUT2D eigenvalue weighted by Crippen LogP contribution is 2.20. The summed E-state index contributed by atoms with van der Waals surface area (Å²) in [5.74, 6) is 0. The van der Waals surface area contributed by atoms with Crippen LogP contribution in [-0.4, -0.2) is 22.9 Å². The van der Waals surface area contributed by atoms with Crippen molar-refractivity contribution in [1.82, 2.24) is 4.90 Å². The van der Waals surface area contributed by atoms with Crippen LogP contribution in [0.5, 0.6) is 0 Å². The summed E-state index contributed by atoms with van der Waals surface area (Å²) in [7, 11) is 0. The first-order valence-electron chi connectivity index (χ1n) is 5.93. The molecule has 92 valence electrons. The third kappa shape index (κ3) is 3.40. The summed E-state index contributed by atoms with van der Waals surface area (Å²) < 4.78 is 5.28. The Morgan fingerprint density at radius 1 is 1.35 bits per heavy atom. The second-order valence-corrected chi connectivity index (χ2v) is 4.81. The van der Waals surface area contributed by atoms with Crippen molar-refractivity contribution < 1.29 is 9.53 Å². The quantitative estimate of drug-likeness (QED) is 0.819. The van der Waals surface area contributed by atoms with Gasteiger partial charge >= 0.3 is 6.09 Å². The molecule has 2 rings (SSSR count). The predicted molar refractivity (Wildman–Crippen MR) is 70.0 cm³/mol. The van der Waals surface area contributed by atoms with Gasteiger partial charge in [0.05, 0.1) is 5.37 Å². The van der Waals surface area contributed by atoms with Gasteiger partial charge in [-0.15, -0.1) is 0 Å². The number of likely N-dealkylation sites (tertiary alicyclic amines) is 1. The van der Waals surface area contributed by atoms with Crippen LogP contribution in [0.3, 0.4) is 0 Å². The molecule has 0 saturated carbocycles. The maximum atomic E-state index is 11.8. The van der Waals surface area contributed by atoms with Gasteiger partial charge in [0.15, 0.2) is 0 Å². The second kappa shape index (κ2) is 5.96. The number of hydrogen-bond donors (Lipinski definition) is 1. The standard InChI is InChI=1S/C13H17NO2S/c15-13(14-9-5-4-8-12(14)17)16-10-11-6-2-1-3-7-11/h1-3,6-7,12,17H,4-5,8-10H2/t12-/m0/s1. The maximum Gasteiger partial charge on any atom is 0.410 e. The van der Waals surface area contributed by atoms with Gasteiger partial charge in [-0.2, -0.15) is 12.6 Å². The van der Waals surface area contributed by atoms with E-state index in [4.69, 9.17) is 4.74 Å². The number of ether oxygens (including phenoxy) is 1. The molecule has 1 saturated heterocycles. The van der Waals surface area contributed by atoms with E-state index >= 15 is 0 Å². The van der Waals surface area contributed by atoms with Crippen molar-refractivity contribution in [3.05, 3.63) is 35.9 Å². The van der Waals surface area contributed by atoms with Gasteiger partial charge < -0.3 is 4.74 Å². The van der Waals surface area contributed by atoms with Gasteiger partial charge in [-0.1, -0.05) is 30.3 Å². The van der Waals surface area contributed by atoms with Crippen LogP contribution >= 0.6 is 12.6 Å². The lowest BCUT2D eigenvalue weighted by Gasteiger charge is -2.31. The van der Waals surface area contributed by atoms with E-state index in [1.54, 1.807) is 4.90 Å². The summed E-state index contributed by atoms with van der Waals surface area (Å²) in [5, 5.41) is 0.00650. The van der Waals surface area contributed by atoms with Crippen molar-refractivity contribution in [3.63, 3.8) is 0 Å². The molecule has 0 aromatic heterocycles. The fraction of sp³-hybridized carbons (Fsp3) is 0.462. The Bertz CT molecular complexity index is 369. The molecule has 0 radical (unpaired) electrons. The molecule has 1 fully saturated rings. The minimum Gasteiger partial charge on any atom is -0.445 e. The molecule has 1 aliphatic heterocycles. The molecule has 0 bridgehead atoms. The summed E-state index contributed by atoms with van der Waals surface area (Å²) in [6.07, 6.45) is 2.87. The number of amides is 1. The summed E-state index contributed by atoms with van der Waals surface area (Å²) in [6.45, 7) is 1.08. The van der Waals surface area contributed by atoms with Gasteiger partial charge in [-0.25, -0.2) is 4.79 Å². The monoisotopic (exact) mass is 251 g/mol. The van der Waals surface area contributed by atoms with Crippen LogP contribution in [0, 0.1) is 0 Å². The molecule has 0 aliphatic carbocycles. The minimum atomic E-state index is -0.256. The molecule has 4 heteroatoms. The molecule has 1 atom stereocenters. The lowest BCUT2D eigenvalue weighted by molar-refractivity contribution is 0.0845. The van der Waals surface area contributed by atoms with E-state index < -0.39 is 0 Å². The Morgan fingerprint density at radius 2 is 2.12 bits per heavy atom. The zero-order valence-corrected chi connectivity index (χ0v) is 10.6. The Labute approximate surface area is 107 Å². The fourth-order valence-electron chi connectivity index (χ4n) is 1.93. The van der Waals surface area contributed by atoms with Crippen LogP contribution < -0.4 is 0 Å². The van der Waals surface area contributed by atoms with Gasteiger partial charge in [0.25, 0.3) is 0 Å². The van der Waals surface area contributed by atoms with Gasteiger partial charge in [0.1, 0.15) is 6.61 Å². The molecular formula is C13H17NO2S. The van der Waals surface area contributed by atoms with Crippen LogP contribution in [-0.2, 0) is 11.3 Å². The van der Waals surface area contributed by atoms with Crippen LogP contribution in [0.4, 0.5) is 4.79 Å². The number of hydrogen-bond acceptors (Lipinski definition) is 3. The van der Waals surface area contributed by atoms with Crippen LogP contribution in [0.1, 0.15) is 24.8 Å². The van der Waals surface area contributed by atoms with E-state index in [1.165, 1.54) is 0 Å². The highest BCUT2D eigenvalue weighted by atomic mass is 32.1. The third-order valence-electron chi connectivity index (χ3n) is 2.91. The van der Waals surface area contributed by atoms with E-state index in [9.17, 15) is 4.79 Å². The molecule has 1 heterocycles. The summed E-state index contributed by atoms with van der Waals surface area (Å²) >= 11 is 4.40. The third-order valence-corrected chi connectivity index (χ3v) is 3.45. The first-order chi connectivity index (χ1) is 8.27. The predicted octanol–water partition coefficient (Wildman–Crippen LogP) is 3.07. The lowest BCUT2D eigenvalue weighted by Crippen LogP contribution is -2.41. The fourth-order valence-corrected chi connectivity index (χ4v) is 2.32.